The van der Waals surface area contributed by atoms with Gasteiger partial charge in [-0.05, 0) is 30.2 Å². The standard InChI is InChI=1S/C10H10ClNO3/c1-7-4-9(11)3-2-8(7)5-12-15-6-10(13)14/h2-5H,6H2,1H3,(H,13,14)/b12-5+. The zero-order chi connectivity index (χ0) is 11.3. The Morgan fingerprint density at radius 1 is 1.67 bits per heavy atom. The fourth-order valence-corrected chi connectivity index (χ4v) is 1.20. The van der Waals surface area contributed by atoms with E-state index in [1.54, 1.807) is 18.2 Å². The first-order valence-corrected chi connectivity index (χ1v) is 4.60. The number of nitrogens with zero attached hydrogens (tertiary/aromatic N) is 1. The minimum atomic E-state index is -1.06. The van der Waals surface area contributed by atoms with Crippen molar-refractivity contribution in [3.63, 3.8) is 0 Å². The molecule has 0 fully saturated rings. The molecule has 0 saturated heterocycles. The average molecular weight is 228 g/mol. The van der Waals surface area contributed by atoms with E-state index < -0.39 is 12.6 Å². The largest absolute Gasteiger partial charge is 0.479 e. The van der Waals surface area contributed by atoms with Crippen LogP contribution in [-0.4, -0.2) is 23.9 Å². The summed E-state index contributed by atoms with van der Waals surface area (Å²) >= 11 is 5.77. The Kier molecular flexibility index (Phi) is 4.12. The van der Waals surface area contributed by atoms with Crippen molar-refractivity contribution >= 4 is 23.8 Å². The number of halogens is 1. The van der Waals surface area contributed by atoms with E-state index in [0.29, 0.717) is 5.02 Å². The summed E-state index contributed by atoms with van der Waals surface area (Å²) in [7, 11) is 0. The average Bonchev–Trinajstić information content (AvgIpc) is 2.14. The number of aryl methyl sites for hydroxylation is 1. The van der Waals surface area contributed by atoms with Crippen LogP contribution in [0.1, 0.15) is 11.1 Å². The third-order valence-corrected chi connectivity index (χ3v) is 1.92. The van der Waals surface area contributed by atoms with E-state index in [-0.39, 0.29) is 0 Å². The number of carboxylic acid groups (broad SMARTS) is 1. The zero-order valence-electron chi connectivity index (χ0n) is 8.11. The van der Waals surface area contributed by atoms with Gasteiger partial charge in [-0.1, -0.05) is 22.8 Å². The predicted octanol–water partition coefficient (Wildman–Crippen LogP) is 2.08. The van der Waals surface area contributed by atoms with Crippen LogP contribution in [0, 0.1) is 6.92 Å². The fraction of sp³-hybridized carbons (Fsp3) is 0.200. The van der Waals surface area contributed by atoms with E-state index in [1.807, 2.05) is 6.92 Å². The van der Waals surface area contributed by atoms with Gasteiger partial charge < -0.3 is 9.94 Å². The maximum atomic E-state index is 10.1. The van der Waals surface area contributed by atoms with Gasteiger partial charge in [-0.2, -0.15) is 0 Å². The second kappa shape index (κ2) is 5.36. The maximum absolute atomic E-state index is 10.1. The van der Waals surface area contributed by atoms with E-state index >= 15 is 0 Å². The van der Waals surface area contributed by atoms with E-state index in [2.05, 4.69) is 9.99 Å². The number of carbonyl (C=O) groups is 1. The topological polar surface area (TPSA) is 58.9 Å². The Morgan fingerprint density at radius 3 is 3.00 bits per heavy atom. The molecule has 0 spiro atoms. The van der Waals surface area contributed by atoms with E-state index in [9.17, 15) is 4.79 Å². The molecule has 1 aromatic rings. The van der Waals surface area contributed by atoms with Gasteiger partial charge in [0, 0.05) is 5.02 Å². The van der Waals surface area contributed by atoms with Crippen LogP contribution in [0.5, 0.6) is 0 Å². The molecule has 0 radical (unpaired) electrons. The molecular formula is C10H10ClNO3. The molecule has 0 aliphatic carbocycles. The Morgan fingerprint density at radius 2 is 2.40 bits per heavy atom. The minimum Gasteiger partial charge on any atom is -0.479 e. The molecule has 0 saturated carbocycles. The molecule has 80 valence electrons. The number of hydrogen-bond donors (Lipinski definition) is 1. The molecule has 1 rings (SSSR count). The summed E-state index contributed by atoms with van der Waals surface area (Å²) in [5.41, 5.74) is 1.79. The minimum absolute atomic E-state index is 0.441. The van der Waals surface area contributed by atoms with Gasteiger partial charge in [-0.25, -0.2) is 4.79 Å². The van der Waals surface area contributed by atoms with Crippen molar-refractivity contribution in [1.82, 2.24) is 0 Å². The van der Waals surface area contributed by atoms with Crippen molar-refractivity contribution in [3.8, 4) is 0 Å². The lowest BCUT2D eigenvalue weighted by Crippen LogP contribution is -2.03. The first kappa shape index (κ1) is 11.5. The van der Waals surface area contributed by atoms with Crippen molar-refractivity contribution in [3.05, 3.63) is 34.3 Å². The molecular weight excluding hydrogens is 218 g/mol. The summed E-state index contributed by atoms with van der Waals surface area (Å²) in [6.07, 6.45) is 1.45. The highest BCUT2D eigenvalue weighted by atomic mass is 35.5. The summed E-state index contributed by atoms with van der Waals surface area (Å²) < 4.78 is 0. The van der Waals surface area contributed by atoms with Gasteiger partial charge in [0.15, 0.2) is 0 Å². The molecule has 4 nitrogen and oxygen atoms in total. The van der Waals surface area contributed by atoms with Crippen LogP contribution in [0.2, 0.25) is 5.02 Å². The number of hydrogen-bond acceptors (Lipinski definition) is 3. The molecule has 0 aromatic heterocycles. The first-order valence-electron chi connectivity index (χ1n) is 4.23. The molecule has 0 atom stereocenters. The SMILES string of the molecule is Cc1cc(Cl)ccc1/C=N/OCC(=O)O. The van der Waals surface area contributed by atoms with Crippen LogP contribution >= 0.6 is 11.6 Å². The van der Waals surface area contributed by atoms with Gasteiger partial charge in [0.1, 0.15) is 0 Å². The number of aliphatic carboxylic acids is 1. The van der Waals surface area contributed by atoms with Crippen LogP contribution in [0.4, 0.5) is 0 Å². The maximum Gasteiger partial charge on any atom is 0.344 e. The summed E-state index contributed by atoms with van der Waals surface area (Å²) in [4.78, 5) is 14.6. The van der Waals surface area contributed by atoms with Crippen molar-refractivity contribution in [2.75, 3.05) is 6.61 Å². The van der Waals surface area contributed by atoms with Crippen molar-refractivity contribution in [2.24, 2.45) is 5.16 Å². The summed E-state index contributed by atoms with van der Waals surface area (Å²) in [6.45, 7) is 1.44. The fourth-order valence-electron chi connectivity index (χ4n) is 0.970. The molecule has 0 heterocycles. The second-order valence-corrected chi connectivity index (χ2v) is 3.34. The lowest BCUT2D eigenvalue weighted by molar-refractivity contribution is -0.142. The van der Waals surface area contributed by atoms with Gasteiger partial charge in [0.05, 0.1) is 6.21 Å². The molecule has 0 unspecified atom stereocenters. The van der Waals surface area contributed by atoms with Gasteiger partial charge >= 0.3 is 5.97 Å². The highest BCUT2D eigenvalue weighted by Crippen LogP contribution is 2.13. The molecule has 1 N–H and O–H groups in total. The van der Waals surface area contributed by atoms with Crippen molar-refractivity contribution in [1.29, 1.82) is 0 Å². The van der Waals surface area contributed by atoms with Gasteiger partial charge in [0.2, 0.25) is 6.61 Å². The molecule has 0 amide bonds. The Hall–Kier alpha value is -1.55. The molecule has 0 aliphatic heterocycles. The summed E-state index contributed by atoms with van der Waals surface area (Å²) in [5, 5.41) is 12.5. The van der Waals surface area contributed by atoms with Crippen LogP contribution in [0.25, 0.3) is 0 Å². The number of carboxylic acids is 1. The van der Waals surface area contributed by atoms with Crippen molar-refractivity contribution < 1.29 is 14.7 Å². The molecule has 0 bridgehead atoms. The normalized spacial score (nSPS) is 10.5. The van der Waals surface area contributed by atoms with Crippen LogP contribution in [0.15, 0.2) is 23.4 Å². The van der Waals surface area contributed by atoms with Gasteiger partial charge in [-0.3, -0.25) is 0 Å². The summed E-state index contributed by atoms with van der Waals surface area (Å²) in [6, 6.07) is 5.30. The third-order valence-electron chi connectivity index (χ3n) is 1.69. The first-order chi connectivity index (χ1) is 7.09. The molecule has 15 heavy (non-hydrogen) atoms. The molecule has 1 aromatic carbocycles. The third kappa shape index (κ3) is 3.99. The monoisotopic (exact) mass is 227 g/mol. The smallest absolute Gasteiger partial charge is 0.344 e. The number of oxime groups is 1. The van der Waals surface area contributed by atoms with Gasteiger partial charge in [-0.15, -0.1) is 0 Å². The quantitative estimate of drug-likeness (QED) is 0.633. The predicted molar refractivity (Wildman–Crippen MR) is 57.4 cm³/mol. The summed E-state index contributed by atoms with van der Waals surface area (Å²) in [5.74, 6) is -1.06. The highest BCUT2D eigenvalue weighted by Gasteiger charge is 1.97. The van der Waals surface area contributed by atoms with E-state index in [1.165, 1.54) is 6.21 Å². The van der Waals surface area contributed by atoms with Crippen LogP contribution in [0.3, 0.4) is 0 Å². The van der Waals surface area contributed by atoms with Crippen LogP contribution < -0.4 is 0 Å². The highest BCUT2D eigenvalue weighted by molar-refractivity contribution is 6.30. The Balaban J connectivity index is 2.60. The lowest BCUT2D eigenvalue weighted by atomic mass is 10.1. The molecule has 5 heteroatoms. The van der Waals surface area contributed by atoms with Gasteiger partial charge in [0.25, 0.3) is 0 Å². The molecule has 0 aliphatic rings. The zero-order valence-corrected chi connectivity index (χ0v) is 8.86. The van der Waals surface area contributed by atoms with E-state index in [0.717, 1.165) is 11.1 Å². The number of rotatable bonds is 4. The Bertz CT molecular complexity index is 390. The number of benzene rings is 1. The van der Waals surface area contributed by atoms with Crippen LogP contribution in [-0.2, 0) is 9.63 Å². The lowest BCUT2D eigenvalue weighted by Gasteiger charge is -1.99. The van der Waals surface area contributed by atoms with Crippen molar-refractivity contribution in [2.45, 2.75) is 6.92 Å². The second-order valence-electron chi connectivity index (χ2n) is 2.90. The Labute approximate surface area is 92.1 Å². The van der Waals surface area contributed by atoms with E-state index in [4.69, 9.17) is 16.7 Å².